The Hall–Kier alpha value is -0.423. The molecule has 1 rings (SSSR count). The Morgan fingerprint density at radius 1 is 1.48 bits per heavy atom. The van der Waals surface area contributed by atoms with E-state index in [9.17, 15) is 18.0 Å². The molecule has 1 atom stereocenters. The van der Waals surface area contributed by atoms with E-state index in [0.29, 0.717) is 0 Å². The number of unbranched alkanes of at least 4 members (excludes halogenated alkanes) is 1. The zero-order valence-electron chi connectivity index (χ0n) is 13.6. The average Bonchev–Trinajstić information content (AvgIpc) is 2.81. The highest BCUT2D eigenvalue weighted by Gasteiger charge is 2.64. The van der Waals surface area contributed by atoms with E-state index in [1.165, 1.54) is 0 Å². The maximum atomic E-state index is 13.1. The fraction of sp³-hybridized carbons (Fsp3) is 0.714. The molecule has 0 aromatic heterocycles. The minimum absolute atomic E-state index is 0.0827. The fourth-order valence-electron chi connectivity index (χ4n) is 1.63. The molecule has 4 nitrogen and oxygen atoms in total. The van der Waals surface area contributed by atoms with Crippen molar-refractivity contribution in [2.45, 2.75) is 51.7 Å². The summed E-state index contributed by atoms with van der Waals surface area (Å²) in [5.41, 5.74) is -1.59. The Morgan fingerprint density at radius 2 is 2.13 bits per heavy atom. The van der Waals surface area contributed by atoms with Gasteiger partial charge in [-0.05, 0) is 13.3 Å². The van der Waals surface area contributed by atoms with Crippen LogP contribution in [0.4, 0.5) is 18.0 Å². The zero-order chi connectivity index (χ0) is 17.7. The third-order valence-corrected chi connectivity index (χ3v) is 15.4. The third-order valence-electron chi connectivity index (χ3n) is 3.45. The summed E-state index contributed by atoms with van der Waals surface area (Å²) in [4.78, 5) is 10.9. The van der Waals surface area contributed by atoms with Crippen LogP contribution >= 0.6 is 19.9 Å². The van der Waals surface area contributed by atoms with Gasteiger partial charge in [-0.2, -0.15) is 13.2 Å². The van der Waals surface area contributed by atoms with Gasteiger partial charge in [-0.1, -0.05) is 41.7 Å². The fourth-order valence-corrected chi connectivity index (χ4v) is 9.86. The summed E-state index contributed by atoms with van der Waals surface area (Å²) in [6.45, 7) is 7.22. The summed E-state index contributed by atoms with van der Waals surface area (Å²) >= 11 is -0.0827. The Kier molecular flexibility index (Phi) is 7.27. The van der Waals surface area contributed by atoms with Crippen LogP contribution in [0.15, 0.2) is 11.3 Å². The molecule has 1 aliphatic rings. The zero-order valence-corrected chi connectivity index (χ0v) is 16.8. The minimum atomic E-state index is -4.84. The normalized spacial score (nSPS) is 23.6. The van der Waals surface area contributed by atoms with E-state index >= 15 is 0 Å². The van der Waals surface area contributed by atoms with E-state index in [1.54, 1.807) is 6.08 Å². The molecule has 0 N–H and O–H groups in total. The van der Waals surface area contributed by atoms with Crippen molar-refractivity contribution in [2.24, 2.45) is 0 Å². The molecule has 0 bridgehead atoms. The lowest BCUT2D eigenvalue weighted by Gasteiger charge is -2.27. The summed E-state index contributed by atoms with van der Waals surface area (Å²) in [5, 5.41) is 1.10. The van der Waals surface area contributed by atoms with E-state index in [1.807, 2.05) is 6.92 Å². The van der Waals surface area contributed by atoms with Crippen LogP contribution in [0.5, 0.6) is 0 Å². The van der Waals surface area contributed by atoms with Crippen LogP contribution in [-0.2, 0) is 14.2 Å². The molecule has 0 aromatic rings. The Bertz CT molecular complexity index is 491. The first-order chi connectivity index (χ1) is 10.5. The Labute approximate surface area is 144 Å². The number of hydrogen-bond donors (Lipinski definition) is 0. The summed E-state index contributed by atoms with van der Waals surface area (Å²) in [6, 6.07) is 0. The molecule has 0 saturated carbocycles. The van der Waals surface area contributed by atoms with Crippen molar-refractivity contribution in [2.75, 3.05) is 13.2 Å². The van der Waals surface area contributed by atoms with Crippen molar-refractivity contribution < 1.29 is 32.2 Å². The highest BCUT2D eigenvalue weighted by atomic mass is 127. The smallest absolute Gasteiger partial charge is 0.427 e. The molecule has 9 heteroatoms. The van der Waals surface area contributed by atoms with Crippen molar-refractivity contribution in [3.8, 4) is 0 Å². The maximum absolute atomic E-state index is 13.1. The van der Waals surface area contributed by atoms with Crippen LogP contribution in [0.1, 0.15) is 26.7 Å². The summed E-state index contributed by atoms with van der Waals surface area (Å²) in [6.07, 6.45) is -2.34. The van der Waals surface area contributed by atoms with Gasteiger partial charge in [0.15, 0.2) is 6.61 Å². The molecule has 134 valence electrons. The maximum Gasteiger partial charge on any atom is 0.511 e. The number of ether oxygens (including phenoxy) is 3. The molecule has 0 amide bonds. The van der Waals surface area contributed by atoms with E-state index < -0.39 is 30.3 Å². The predicted molar refractivity (Wildman–Crippen MR) is 93.4 cm³/mol. The Morgan fingerprint density at radius 3 is 2.61 bits per heavy atom. The van der Waals surface area contributed by atoms with E-state index in [2.05, 4.69) is 33.5 Å². The number of halogens is 4. The van der Waals surface area contributed by atoms with Crippen LogP contribution in [0, 0.1) is 0 Å². The molecule has 23 heavy (non-hydrogen) atoms. The van der Waals surface area contributed by atoms with E-state index in [-0.39, 0.29) is 26.5 Å². The number of alkyl halides is 3. The van der Waals surface area contributed by atoms with Gasteiger partial charge in [0.25, 0.3) is 0 Å². The molecular weight excluding hydrogens is 444 g/mol. The van der Waals surface area contributed by atoms with Crippen molar-refractivity contribution >= 4 is 35.7 Å². The van der Waals surface area contributed by atoms with Gasteiger partial charge in [0.1, 0.15) is 5.57 Å². The number of rotatable bonds is 7. The quantitative estimate of drug-likeness (QED) is 0.236. The van der Waals surface area contributed by atoms with Crippen molar-refractivity contribution in [3.63, 3.8) is 0 Å². The van der Waals surface area contributed by atoms with Gasteiger partial charge in [0.05, 0.1) is 6.61 Å². The molecule has 0 radical (unpaired) electrons. The van der Waals surface area contributed by atoms with Gasteiger partial charge >= 0.3 is 18.1 Å². The number of hydrogen-bond acceptors (Lipinski definition) is 4. The molecule has 0 spiro atoms. The van der Waals surface area contributed by atoms with Gasteiger partial charge in [-0.15, -0.1) is 19.9 Å². The lowest BCUT2D eigenvalue weighted by atomic mass is 10.3. The second kappa shape index (κ2) is 8.10. The predicted octanol–water partition coefficient (Wildman–Crippen LogP) is 4.69. The number of cyclic esters (lactones) is 2. The molecule has 1 unspecified atom stereocenters. The van der Waals surface area contributed by atoms with Crippen LogP contribution < -0.4 is 0 Å². The first kappa shape index (κ1) is 20.6. The van der Waals surface area contributed by atoms with E-state index in [0.717, 1.165) is 18.0 Å². The van der Waals surface area contributed by atoms with Crippen LogP contribution in [0.2, 0.25) is 13.1 Å². The summed E-state index contributed by atoms with van der Waals surface area (Å²) < 4.78 is 54.9. The number of carbonyl (C=O) groups is 1. The van der Waals surface area contributed by atoms with Crippen molar-refractivity contribution in [1.82, 2.24) is 0 Å². The highest BCUT2D eigenvalue weighted by molar-refractivity contribution is 14.2. The SMILES string of the molecule is CCCC=I[Si](C)(C)/C(C)=C/COC1(C(F)(F)F)COC(=O)O1. The largest absolute Gasteiger partial charge is 0.511 e. The van der Waals surface area contributed by atoms with E-state index in [4.69, 9.17) is 4.74 Å². The topological polar surface area (TPSA) is 44.8 Å². The van der Waals surface area contributed by atoms with Gasteiger partial charge < -0.3 is 14.2 Å². The lowest BCUT2D eigenvalue weighted by Crippen LogP contribution is -2.50. The first-order valence-electron chi connectivity index (χ1n) is 7.24. The average molecular weight is 466 g/mol. The second-order valence-electron chi connectivity index (χ2n) is 5.61. The van der Waals surface area contributed by atoms with Crippen molar-refractivity contribution in [3.05, 3.63) is 11.3 Å². The van der Waals surface area contributed by atoms with Crippen LogP contribution in [0.25, 0.3) is 0 Å². The highest BCUT2D eigenvalue weighted by Crippen LogP contribution is 2.39. The second-order valence-corrected chi connectivity index (χ2v) is 20.4. The third kappa shape index (κ3) is 5.56. The molecule has 0 aromatic carbocycles. The van der Waals surface area contributed by atoms with Crippen LogP contribution in [0.3, 0.4) is 0 Å². The van der Waals surface area contributed by atoms with Gasteiger partial charge in [-0.25, -0.2) is 4.79 Å². The standard InChI is InChI=1S/C14H22F3IO4Si/c1-5-6-8-18-23(3,4)11(2)7-9-21-13(14(15,16)17)10-20-12(19)22-13/h7-8H,5-6,9-10H2,1-4H3/b11-7+. The lowest BCUT2D eigenvalue weighted by molar-refractivity contribution is -0.346. The van der Waals surface area contributed by atoms with Gasteiger partial charge in [0, 0.05) is 0 Å². The first-order valence-corrected chi connectivity index (χ1v) is 14.6. The Balaban J connectivity index is 2.74. The van der Waals surface area contributed by atoms with Crippen LogP contribution in [-0.4, -0.2) is 40.9 Å². The summed E-state index contributed by atoms with van der Waals surface area (Å²) in [5.74, 6) is -2.99. The molecule has 1 saturated heterocycles. The summed E-state index contributed by atoms with van der Waals surface area (Å²) in [7, 11) is 0. The molecule has 1 fully saturated rings. The monoisotopic (exact) mass is 466 g/mol. The number of carbonyl (C=O) groups excluding carboxylic acids is 1. The molecular formula is C14H22F3IO4Si. The molecule has 1 heterocycles. The number of allylic oxidation sites excluding steroid dienone is 1. The van der Waals surface area contributed by atoms with Crippen molar-refractivity contribution in [1.29, 1.82) is 0 Å². The minimum Gasteiger partial charge on any atom is -0.427 e. The molecule has 0 aliphatic carbocycles. The van der Waals surface area contributed by atoms with Gasteiger partial charge in [-0.3, -0.25) is 0 Å². The molecule has 1 aliphatic heterocycles. The van der Waals surface area contributed by atoms with Gasteiger partial charge in [0.2, 0.25) is 0 Å².